The molecule has 0 saturated carbocycles. The Morgan fingerprint density at radius 1 is 1.30 bits per heavy atom. The first-order chi connectivity index (χ1) is 9.40. The number of nitrogens with one attached hydrogen (secondary N) is 1. The van der Waals surface area contributed by atoms with Crippen LogP contribution in [0.3, 0.4) is 0 Å². The van der Waals surface area contributed by atoms with E-state index in [2.05, 4.69) is 24.1 Å². The summed E-state index contributed by atoms with van der Waals surface area (Å²) in [5.41, 5.74) is 1.93. The number of nitrogens with zero attached hydrogens (tertiary/aromatic N) is 1. The lowest BCUT2D eigenvalue weighted by atomic mass is 10.2. The molecule has 0 aromatic heterocycles. The minimum absolute atomic E-state index is 0.00976. The highest BCUT2D eigenvalue weighted by atomic mass is 16.3. The second kappa shape index (κ2) is 8.02. The minimum atomic E-state index is -0.378. The van der Waals surface area contributed by atoms with E-state index in [0.717, 1.165) is 11.3 Å². The third-order valence-electron chi connectivity index (χ3n) is 3.27. The van der Waals surface area contributed by atoms with Crippen molar-refractivity contribution >= 4 is 11.6 Å². The standard InChI is InChI=1S/C16H26N2O2/c1-12(2)18(11-14(4)19)10-9-16(20)17-15-8-6-5-7-13(15)3/h5-8,12,14,19H,9-11H2,1-4H3,(H,17,20). The molecule has 1 rings (SSSR count). The lowest BCUT2D eigenvalue weighted by Crippen LogP contribution is -2.38. The number of aryl methyl sites for hydroxylation is 1. The zero-order valence-corrected chi connectivity index (χ0v) is 12.9. The summed E-state index contributed by atoms with van der Waals surface area (Å²) in [7, 11) is 0. The van der Waals surface area contributed by atoms with Gasteiger partial charge in [-0.05, 0) is 39.3 Å². The quantitative estimate of drug-likeness (QED) is 0.805. The molecule has 0 aliphatic carbocycles. The van der Waals surface area contributed by atoms with Gasteiger partial charge in [0.1, 0.15) is 0 Å². The van der Waals surface area contributed by atoms with Crippen molar-refractivity contribution in [3.05, 3.63) is 29.8 Å². The molecule has 0 saturated heterocycles. The van der Waals surface area contributed by atoms with Gasteiger partial charge >= 0.3 is 0 Å². The number of anilines is 1. The molecular weight excluding hydrogens is 252 g/mol. The van der Waals surface area contributed by atoms with Gasteiger partial charge in [0, 0.05) is 31.2 Å². The molecule has 1 aromatic carbocycles. The lowest BCUT2D eigenvalue weighted by molar-refractivity contribution is -0.116. The van der Waals surface area contributed by atoms with Crippen LogP contribution in [0.15, 0.2) is 24.3 Å². The number of aliphatic hydroxyl groups excluding tert-OH is 1. The van der Waals surface area contributed by atoms with Crippen LogP contribution < -0.4 is 5.32 Å². The number of amides is 1. The highest BCUT2D eigenvalue weighted by molar-refractivity contribution is 5.91. The van der Waals surface area contributed by atoms with Gasteiger partial charge in [-0.25, -0.2) is 0 Å². The molecular formula is C16H26N2O2. The largest absolute Gasteiger partial charge is 0.392 e. The van der Waals surface area contributed by atoms with E-state index in [1.54, 1.807) is 6.92 Å². The fourth-order valence-electron chi connectivity index (χ4n) is 2.07. The highest BCUT2D eigenvalue weighted by Crippen LogP contribution is 2.13. The van der Waals surface area contributed by atoms with Gasteiger partial charge in [-0.2, -0.15) is 0 Å². The predicted molar refractivity (Wildman–Crippen MR) is 82.8 cm³/mol. The summed E-state index contributed by atoms with van der Waals surface area (Å²) in [5.74, 6) is 0.00976. The molecule has 1 atom stereocenters. The van der Waals surface area contributed by atoms with Crippen LogP contribution in [0.5, 0.6) is 0 Å². The number of carbonyl (C=O) groups excluding carboxylic acids is 1. The van der Waals surface area contributed by atoms with Crippen LogP contribution in [0.1, 0.15) is 32.8 Å². The number of para-hydroxylation sites is 1. The van der Waals surface area contributed by atoms with Gasteiger partial charge in [0.15, 0.2) is 0 Å². The van der Waals surface area contributed by atoms with Crippen molar-refractivity contribution in [2.45, 2.75) is 46.3 Å². The van der Waals surface area contributed by atoms with E-state index < -0.39 is 0 Å². The minimum Gasteiger partial charge on any atom is -0.392 e. The molecule has 0 heterocycles. The van der Waals surface area contributed by atoms with E-state index in [1.165, 1.54) is 0 Å². The number of aliphatic hydroxyl groups is 1. The molecule has 0 aliphatic rings. The Bertz CT molecular complexity index is 430. The Morgan fingerprint density at radius 3 is 2.50 bits per heavy atom. The summed E-state index contributed by atoms with van der Waals surface area (Å²) in [6.45, 7) is 9.13. The maximum Gasteiger partial charge on any atom is 0.225 e. The topological polar surface area (TPSA) is 52.6 Å². The van der Waals surface area contributed by atoms with Crippen LogP contribution in [0.2, 0.25) is 0 Å². The second-order valence-corrected chi connectivity index (χ2v) is 5.55. The highest BCUT2D eigenvalue weighted by Gasteiger charge is 2.14. The number of carbonyl (C=O) groups is 1. The Kier molecular flexibility index (Phi) is 6.68. The Morgan fingerprint density at radius 2 is 1.95 bits per heavy atom. The van der Waals surface area contributed by atoms with Crippen LogP contribution in [0.4, 0.5) is 5.69 Å². The van der Waals surface area contributed by atoms with Crippen molar-refractivity contribution in [1.82, 2.24) is 4.90 Å². The molecule has 0 radical (unpaired) electrons. The first-order valence-corrected chi connectivity index (χ1v) is 7.17. The SMILES string of the molecule is Cc1ccccc1NC(=O)CCN(CC(C)O)C(C)C. The third kappa shape index (κ3) is 5.72. The number of hydrogen-bond donors (Lipinski definition) is 2. The summed E-state index contributed by atoms with van der Waals surface area (Å²) >= 11 is 0. The summed E-state index contributed by atoms with van der Waals surface area (Å²) in [5, 5.41) is 12.4. The van der Waals surface area contributed by atoms with Crippen molar-refractivity contribution in [3.63, 3.8) is 0 Å². The molecule has 0 bridgehead atoms. The van der Waals surface area contributed by atoms with Crippen LogP contribution in [0, 0.1) is 6.92 Å². The summed E-state index contributed by atoms with van der Waals surface area (Å²) < 4.78 is 0. The maximum atomic E-state index is 12.0. The van der Waals surface area contributed by atoms with E-state index in [1.807, 2.05) is 31.2 Å². The van der Waals surface area contributed by atoms with E-state index in [0.29, 0.717) is 25.6 Å². The molecule has 4 heteroatoms. The molecule has 1 aromatic rings. The smallest absolute Gasteiger partial charge is 0.225 e. The molecule has 0 aliphatic heterocycles. The molecule has 0 fully saturated rings. The molecule has 20 heavy (non-hydrogen) atoms. The Balaban J connectivity index is 2.48. The molecule has 4 nitrogen and oxygen atoms in total. The van der Waals surface area contributed by atoms with Crippen molar-refractivity contribution < 1.29 is 9.90 Å². The van der Waals surface area contributed by atoms with Gasteiger partial charge in [-0.3, -0.25) is 9.69 Å². The molecule has 1 amide bonds. The first-order valence-electron chi connectivity index (χ1n) is 7.17. The van der Waals surface area contributed by atoms with Crippen molar-refractivity contribution in [2.75, 3.05) is 18.4 Å². The Hall–Kier alpha value is -1.39. The molecule has 0 spiro atoms. The average molecular weight is 278 g/mol. The fraction of sp³-hybridized carbons (Fsp3) is 0.562. The van der Waals surface area contributed by atoms with E-state index in [9.17, 15) is 9.90 Å². The molecule has 2 N–H and O–H groups in total. The second-order valence-electron chi connectivity index (χ2n) is 5.55. The van der Waals surface area contributed by atoms with Gasteiger partial charge in [-0.15, -0.1) is 0 Å². The van der Waals surface area contributed by atoms with Gasteiger partial charge in [0.05, 0.1) is 6.10 Å². The third-order valence-corrected chi connectivity index (χ3v) is 3.27. The summed E-state index contributed by atoms with van der Waals surface area (Å²) in [6.07, 6.45) is 0.0519. The van der Waals surface area contributed by atoms with Crippen LogP contribution in [0.25, 0.3) is 0 Å². The Labute approximate surface area is 121 Å². The number of hydrogen-bond acceptors (Lipinski definition) is 3. The van der Waals surface area contributed by atoms with E-state index in [-0.39, 0.29) is 12.0 Å². The summed E-state index contributed by atoms with van der Waals surface area (Å²) in [6, 6.07) is 8.06. The van der Waals surface area contributed by atoms with Gasteiger partial charge < -0.3 is 10.4 Å². The van der Waals surface area contributed by atoms with Gasteiger partial charge in [0.2, 0.25) is 5.91 Å². The van der Waals surface area contributed by atoms with Crippen LogP contribution >= 0.6 is 0 Å². The van der Waals surface area contributed by atoms with Crippen LogP contribution in [-0.4, -0.2) is 41.1 Å². The zero-order chi connectivity index (χ0) is 15.1. The average Bonchev–Trinajstić information content (AvgIpc) is 2.36. The fourth-order valence-corrected chi connectivity index (χ4v) is 2.07. The van der Waals surface area contributed by atoms with Gasteiger partial charge in [0.25, 0.3) is 0 Å². The van der Waals surface area contributed by atoms with Gasteiger partial charge in [-0.1, -0.05) is 18.2 Å². The van der Waals surface area contributed by atoms with Crippen LogP contribution in [-0.2, 0) is 4.79 Å². The lowest BCUT2D eigenvalue weighted by Gasteiger charge is -2.27. The van der Waals surface area contributed by atoms with E-state index in [4.69, 9.17) is 0 Å². The monoisotopic (exact) mass is 278 g/mol. The molecule has 112 valence electrons. The normalized spacial score (nSPS) is 12.8. The number of rotatable bonds is 7. The molecule has 1 unspecified atom stereocenters. The predicted octanol–water partition coefficient (Wildman–Crippen LogP) is 2.41. The van der Waals surface area contributed by atoms with Crippen molar-refractivity contribution in [1.29, 1.82) is 0 Å². The van der Waals surface area contributed by atoms with E-state index >= 15 is 0 Å². The summed E-state index contributed by atoms with van der Waals surface area (Å²) in [4.78, 5) is 14.1. The van der Waals surface area contributed by atoms with Crippen molar-refractivity contribution in [3.8, 4) is 0 Å². The maximum absolute atomic E-state index is 12.0. The van der Waals surface area contributed by atoms with Crippen molar-refractivity contribution in [2.24, 2.45) is 0 Å². The first kappa shape index (κ1) is 16.7. The zero-order valence-electron chi connectivity index (χ0n) is 12.9. The number of benzene rings is 1.